The van der Waals surface area contributed by atoms with Gasteiger partial charge in [0.05, 0.1) is 14.2 Å². The predicted molar refractivity (Wildman–Crippen MR) is 77.7 cm³/mol. The van der Waals surface area contributed by atoms with Crippen LogP contribution in [0.5, 0.6) is 11.5 Å². The van der Waals surface area contributed by atoms with E-state index in [0.717, 1.165) is 6.16 Å². The molecule has 0 saturated heterocycles. The number of hydrogen-bond donors (Lipinski definition) is 0. The van der Waals surface area contributed by atoms with Gasteiger partial charge in [-0.1, -0.05) is 19.9 Å². The quantitative estimate of drug-likeness (QED) is 0.583. The van der Waals surface area contributed by atoms with E-state index in [-0.39, 0.29) is 33.0 Å². The van der Waals surface area contributed by atoms with Gasteiger partial charge in [-0.3, -0.25) is 4.79 Å². The predicted octanol–water partition coefficient (Wildman–Crippen LogP) is 2.80. The van der Waals surface area contributed by atoms with Gasteiger partial charge in [-0.2, -0.15) is 0 Å². The number of rotatable bonds is 6. The van der Waals surface area contributed by atoms with Gasteiger partial charge < -0.3 is 9.47 Å². The standard InChI is InChI=1S/C13H19O3P.Li/c1-9(2)8-17-13(14)12-10(15-3)6-5-7-11(12)16-4;/h5-7,9,17H,8H2,1-4H3;. The van der Waals surface area contributed by atoms with Crippen LogP contribution in [0.15, 0.2) is 18.2 Å². The van der Waals surface area contributed by atoms with Crippen LogP contribution in [0.2, 0.25) is 0 Å². The third kappa shape index (κ3) is 4.65. The second-order valence-electron chi connectivity index (χ2n) is 4.14. The van der Waals surface area contributed by atoms with Crippen molar-refractivity contribution in [2.24, 2.45) is 5.92 Å². The van der Waals surface area contributed by atoms with E-state index >= 15 is 0 Å². The van der Waals surface area contributed by atoms with Crippen molar-refractivity contribution in [1.29, 1.82) is 0 Å². The van der Waals surface area contributed by atoms with Crippen LogP contribution in [0.4, 0.5) is 0 Å². The van der Waals surface area contributed by atoms with Gasteiger partial charge in [0.1, 0.15) is 17.1 Å². The molecular weight excluding hydrogens is 242 g/mol. The smallest absolute Gasteiger partial charge is 0.188 e. The summed E-state index contributed by atoms with van der Waals surface area (Å²) < 4.78 is 10.4. The molecule has 0 aliphatic heterocycles. The molecule has 5 heteroatoms. The van der Waals surface area contributed by atoms with Crippen molar-refractivity contribution in [2.75, 3.05) is 20.4 Å². The van der Waals surface area contributed by atoms with Crippen molar-refractivity contribution in [3.8, 4) is 11.5 Å². The fourth-order valence-corrected chi connectivity index (χ4v) is 2.48. The molecule has 0 spiro atoms. The maximum atomic E-state index is 12.2. The molecule has 1 unspecified atom stereocenters. The fraction of sp³-hybridized carbons (Fsp3) is 0.462. The molecule has 1 rings (SSSR count). The normalized spacial score (nSPS) is 10.5. The molecule has 3 nitrogen and oxygen atoms in total. The molecule has 1 atom stereocenters. The van der Waals surface area contributed by atoms with Gasteiger partial charge in [-0.15, -0.1) is 0 Å². The molecule has 0 aromatic heterocycles. The molecule has 0 heterocycles. The van der Waals surface area contributed by atoms with E-state index in [4.69, 9.17) is 9.47 Å². The van der Waals surface area contributed by atoms with E-state index in [1.165, 1.54) is 0 Å². The van der Waals surface area contributed by atoms with E-state index in [0.29, 0.717) is 23.0 Å². The Bertz CT molecular complexity index is 372. The van der Waals surface area contributed by atoms with Crippen LogP contribution in [-0.4, -0.2) is 44.8 Å². The van der Waals surface area contributed by atoms with E-state index < -0.39 is 0 Å². The maximum absolute atomic E-state index is 12.2. The molecular formula is C13H19LiO3P. The Labute approximate surface area is 123 Å². The zero-order valence-corrected chi connectivity index (χ0v) is 12.7. The minimum absolute atomic E-state index is 0. The Balaban J connectivity index is 0.00000289. The molecule has 0 bridgehead atoms. The molecule has 1 aromatic rings. The zero-order chi connectivity index (χ0) is 12.8. The molecule has 18 heavy (non-hydrogen) atoms. The number of methoxy groups -OCH3 is 2. The average Bonchev–Trinajstić information content (AvgIpc) is 2.34. The first kappa shape index (κ1) is 17.5. The van der Waals surface area contributed by atoms with Gasteiger partial charge in [0.25, 0.3) is 0 Å². The number of hydrogen-bond acceptors (Lipinski definition) is 3. The van der Waals surface area contributed by atoms with Crippen LogP contribution >= 0.6 is 8.58 Å². The minimum Gasteiger partial charge on any atom is -0.496 e. The summed E-state index contributed by atoms with van der Waals surface area (Å²) in [6.45, 7) is 4.22. The molecule has 0 amide bonds. The summed E-state index contributed by atoms with van der Waals surface area (Å²) in [5.41, 5.74) is 0.671. The number of ether oxygens (including phenoxy) is 2. The number of carbonyl (C=O) groups excluding carboxylic acids is 1. The number of benzene rings is 1. The monoisotopic (exact) mass is 261 g/mol. The topological polar surface area (TPSA) is 35.5 Å². The van der Waals surface area contributed by atoms with E-state index in [1.807, 2.05) is 6.07 Å². The van der Waals surface area contributed by atoms with Crippen molar-refractivity contribution >= 4 is 33.0 Å². The fourth-order valence-electron chi connectivity index (χ4n) is 1.46. The SMILES string of the molecule is COc1cccc(OC)c1C(=O)PCC(C)C.[Li]. The van der Waals surface area contributed by atoms with E-state index in [2.05, 4.69) is 13.8 Å². The first-order valence-corrected chi connectivity index (χ1v) is 6.80. The molecule has 0 aliphatic carbocycles. The van der Waals surface area contributed by atoms with Crippen molar-refractivity contribution in [3.05, 3.63) is 23.8 Å². The first-order valence-electron chi connectivity index (χ1n) is 5.59. The van der Waals surface area contributed by atoms with Crippen molar-refractivity contribution < 1.29 is 14.3 Å². The molecule has 1 aromatic carbocycles. The van der Waals surface area contributed by atoms with Crippen LogP contribution in [-0.2, 0) is 0 Å². The molecule has 0 N–H and O–H groups in total. The van der Waals surface area contributed by atoms with E-state index in [9.17, 15) is 4.79 Å². The summed E-state index contributed by atoms with van der Waals surface area (Å²) in [5.74, 6) is 1.70. The van der Waals surface area contributed by atoms with Gasteiger partial charge in [0.15, 0.2) is 5.52 Å². The Morgan fingerprint density at radius 1 is 1.22 bits per heavy atom. The van der Waals surface area contributed by atoms with Crippen LogP contribution in [0.25, 0.3) is 0 Å². The van der Waals surface area contributed by atoms with Gasteiger partial charge in [0.2, 0.25) is 0 Å². The maximum Gasteiger partial charge on any atom is 0.188 e. The summed E-state index contributed by atoms with van der Waals surface area (Å²) >= 11 is 0. The van der Waals surface area contributed by atoms with Gasteiger partial charge >= 0.3 is 0 Å². The van der Waals surface area contributed by atoms with Gasteiger partial charge in [-0.05, 0) is 32.8 Å². The van der Waals surface area contributed by atoms with Crippen molar-refractivity contribution in [1.82, 2.24) is 0 Å². The summed E-state index contributed by atoms with van der Waals surface area (Å²) in [5, 5.41) is 0. The zero-order valence-electron chi connectivity index (χ0n) is 11.7. The second-order valence-corrected chi connectivity index (χ2v) is 5.36. The second kappa shape index (κ2) is 8.59. The minimum atomic E-state index is 0. The third-order valence-corrected chi connectivity index (χ3v) is 3.92. The first-order chi connectivity index (χ1) is 8.10. The summed E-state index contributed by atoms with van der Waals surface area (Å²) in [7, 11) is 3.40. The Kier molecular flexibility index (Phi) is 8.36. The number of carbonyl (C=O) groups is 1. The Morgan fingerprint density at radius 3 is 2.11 bits per heavy atom. The van der Waals surface area contributed by atoms with Gasteiger partial charge in [-0.25, -0.2) is 0 Å². The van der Waals surface area contributed by atoms with Crippen molar-refractivity contribution in [2.45, 2.75) is 13.8 Å². The van der Waals surface area contributed by atoms with Crippen LogP contribution in [0.3, 0.4) is 0 Å². The molecule has 95 valence electrons. The van der Waals surface area contributed by atoms with Crippen LogP contribution < -0.4 is 9.47 Å². The molecule has 0 saturated carbocycles. The average molecular weight is 261 g/mol. The van der Waals surface area contributed by atoms with Crippen LogP contribution in [0.1, 0.15) is 24.2 Å². The Morgan fingerprint density at radius 2 is 1.72 bits per heavy atom. The van der Waals surface area contributed by atoms with Crippen LogP contribution in [0, 0.1) is 5.92 Å². The summed E-state index contributed by atoms with van der Waals surface area (Å²) in [4.78, 5) is 12.2. The molecule has 0 fully saturated rings. The summed E-state index contributed by atoms with van der Waals surface area (Å²) in [6, 6.07) is 5.39. The van der Waals surface area contributed by atoms with Crippen molar-refractivity contribution in [3.63, 3.8) is 0 Å². The largest absolute Gasteiger partial charge is 0.496 e. The third-order valence-electron chi connectivity index (χ3n) is 2.33. The van der Waals surface area contributed by atoms with Gasteiger partial charge in [0, 0.05) is 18.9 Å². The summed E-state index contributed by atoms with van der Waals surface area (Å²) in [6.07, 6.45) is 0.903. The Hall–Kier alpha value is -0.483. The van der Waals surface area contributed by atoms with E-state index in [1.54, 1.807) is 26.4 Å². The molecule has 0 aliphatic rings. The molecule has 1 radical (unpaired) electrons.